The van der Waals surface area contributed by atoms with Crippen LogP contribution in [-0.4, -0.2) is 23.8 Å². The molecule has 18 heavy (non-hydrogen) atoms. The van der Waals surface area contributed by atoms with E-state index in [-0.39, 0.29) is 6.04 Å². The molecule has 2 aromatic rings. The summed E-state index contributed by atoms with van der Waals surface area (Å²) in [6.45, 7) is 1.04. The van der Waals surface area contributed by atoms with E-state index in [1.807, 2.05) is 18.2 Å². The zero-order valence-electron chi connectivity index (χ0n) is 10.2. The lowest BCUT2D eigenvalue weighted by Crippen LogP contribution is -2.11. The maximum absolute atomic E-state index is 5.41. The van der Waals surface area contributed by atoms with Gasteiger partial charge in [0.2, 0.25) is 5.88 Å². The third-order valence-corrected chi connectivity index (χ3v) is 3.17. The van der Waals surface area contributed by atoms with Crippen LogP contribution in [0.3, 0.4) is 0 Å². The molecule has 1 fully saturated rings. The summed E-state index contributed by atoms with van der Waals surface area (Å²) in [4.78, 5) is 4.16. The minimum Gasteiger partial charge on any atom is -0.481 e. The lowest BCUT2D eigenvalue weighted by Gasteiger charge is -2.03. The number of hydrogen-bond donors (Lipinski definition) is 1. The van der Waals surface area contributed by atoms with E-state index in [2.05, 4.69) is 15.5 Å². The van der Waals surface area contributed by atoms with Gasteiger partial charge in [-0.25, -0.2) is 4.98 Å². The van der Waals surface area contributed by atoms with Crippen molar-refractivity contribution in [3.05, 3.63) is 30.2 Å². The Hall–Kier alpha value is -1.88. The monoisotopic (exact) mass is 245 g/mol. The molecule has 1 N–H and O–H groups in total. The zero-order valence-corrected chi connectivity index (χ0v) is 10.2. The third-order valence-electron chi connectivity index (χ3n) is 3.17. The fourth-order valence-electron chi connectivity index (χ4n) is 2.26. The van der Waals surface area contributed by atoms with Gasteiger partial charge in [0.15, 0.2) is 5.76 Å². The number of rotatable bonds is 3. The van der Waals surface area contributed by atoms with Crippen molar-refractivity contribution in [2.75, 3.05) is 13.7 Å². The molecule has 5 nitrogen and oxygen atoms in total. The molecule has 1 aliphatic rings. The number of methoxy groups -OCH3 is 1. The Morgan fingerprint density at radius 3 is 3.22 bits per heavy atom. The number of nitrogens with zero attached hydrogens (tertiary/aromatic N) is 2. The number of pyridine rings is 1. The van der Waals surface area contributed by atoms with E-state index in [0.29, 0.717) is 5.88 Å². The minimum absolute atomic E-state index is 0.286. The number of ether oxygens (including phenoxy) is 1. The second-order valence-electron chi connectivity index (χ2n) is 4.32. The van der Waals surface area contributed by atoms with Gasteiger partial charge >= 0.3 is 0 Å². The van der Waals surface area contributed by atoms with Gasteiger partial charge in [-0.15, -0.1) is 0 Å². The fourth-order valence-corrected chi connectivity index (χ4v) is 2.26. The number of aromatic nitrogens is 2. The number of nitrogens with one attached hydrogen (secondary N) is 1. The minimum atomic E-state index is 0.286. The van der Waals surface area contributed by atoms with Crippen LogP contribution >= 0.6 is 0 Å². The predicted molar refractivity (Wildman–Crippen MR) is 66.3 cm³/mol. The zero-order chi connectivity index (χ0) is 12.4. The second kappa shape index (κ2) is 4.78. The van der Waals surface area contributed by atoms with Crippen molar-refractivity contribution < 1.29 is 9.26 Å². The lowest BCUT2D eigenvalue weighted by atomic mass is 10.1. The van der Waals surface area contributed by atoms with E-state index in [0.717, 1.165) is 30.0 Å². The molecule has 3 rings (SSSR count). The molecule has 94 valence electrons. The van der Waals surface area contributed by atoms with Crippen LogP contribution in [0.4, 0.5) is 0 Å². The molecule has 2 aromatic heterocycles. The van der Waals surface area contributed by atoms with Crippen LogP contribution in [0.1, 0.15) is 24.6 Å². The first-order chi connectivity index (χ1) is 8.88. The summed E-state index contributed by atoms with van der Waals surface area (Å²) in [5, 5.41) is 7.49. The van der Waals surface area contributed by atoms with Gasteiger partial charge in [0.05, 0.1) is 18.7 Å². The van der Waals surface area contributed by atoms with Crippen LogP contribution < -0.4 is 10.1 Å². The molecular weight excluding hydrogens is 230 g/mol. The highest BCUT2D eigenvalue weighted by Crippen LogP contribution is 2.30. The topological polar surface area (TPSA) is 60.2 Å². The van der Waals surface area contributed by atoms with E-state index in [1.54, 1.807) is 13.3 Å². The average molecular weight is 245 g/mol. The van der Waals surface area contributed by atoms with Gasteiger partial charge in [0.1, 0.15) is 5.69 Å². The molecule has 1 aliphatic heterocycles. The standard InChI is InChI=1S/C13H15N3O2/c1-17-13-9(4-2-7-15-13)11-8-12(18-16-11)10-5-3-6-14-10/h2,4,7-8,10,14H,3,5-6H2,1H3. The van der Waals surface area contributed by atoms with Crippen molar-refractivity contribution in [3.63, 3.8) is 0 Å². The summed E-state index contributed by atoms with van der Waals surface area (Å²) in [7, 11) is 1.60. The van der Waals surface area contributed by atoms with Gasteiger partial charge < -0.3 is 14.6 Å². The van der Waals surface area contributed by atoms with Crippen LogP contribution in [0, 0.1) is 0 Å². The number of hydrogen-bond acceptors (Lipinski definition) is 5. The summed E-state index contributed by atoms with van der Waals surface area (Å²) in [6.07, 6.45) is 3.97. The Balaban J connectivity index is 1.92. The SMILES string of the molecule is COc1ncccc1-c1cc(C2CCCN2)on1. The first-order valence-electron chi connectivity index (χ1n) is 6.08. The van der Waals surface area contributed by atoms with E-state index in [9.17, 15) is 0 Å². The quantitative estimate of drug-likeness (QED) is 0.898. The highest BCUT2D eigenvalue weighted by atomic mass is 16.5. The summed E-state index contributed by atoms with van der Waals surface area (Å²) in [5.41, 5.74) is 1.62. The van der Waals surface area contributed by atoms with Crippen molar-refractivity contribution in [2.45, 2.75) is 18.9 Å². The highest BCUT2D eigenvalue weighted by molar-refractivity contribution is 5.64. The molecule has 3 heterocycles. The van der Waals surface area contributed by atoms with Gasteiger partial charge in [0.25, 0.3) is 0 Å². The van der Waals surface area contributed by atoms with E-state index >= 15 is 0 Å². The Morgan fingerprint density at radius 2 is 2.44 bits per heavy atom. The van der Waals surface area contributed by atoms with Crippen molar-refractivity contribution in [1.82, 2.24) is 15.5 Å². The summed E-state index contributed by atoms with van der Waals surface area (Å²) < 4.78 is 10.6. The van der Waals surface area contributed by atoms with Gasteiger partial charge in [-0.05, 0) is 31.5 Å². The van der Waals surface area contributed by atoms with E-state index in [1.165, 1.54) is 6.42 Å². The lowest BCUT2D eigenvalue weighted by molar-refractivity contribution is 0.352. The molecule has 0 aromatic carbocycles. The molecule has 0 amide bonds. The van der Waals surface area contributed by atoms with Crippen LogP contribution in [0.2, 0.25) is 0 Å². The molecule has 0 spiro atoms. The van der Waals surface area contributed by atoms with Crippen molar-refractivity contribution in [3.8, 4) is 17.1 Å². The summed E-state index contributed by atoms with van der Waals surface area (Å²) in [6, 6.07) is 6.03. The largest absolute Gasteiger partial charge is 0.481 e. The molecule has 0 bridgehead atoms. The summed E-state index contributed by atoms with van der Waals surface area (Å²) in [5.74, 6) is 1.45. The normalized spacial score (nSPS) is 19.1. The Kier molecular flexibility index (Phi) is 2.98. The molecule has 0 saturated carbocycles. The highest BCUT2D eigenvalue weighted by Gasteiger charge is 2.21. The van der Waals surface area contributed by atoms with E-state index in [4.69, 9.17) is 9.26 Å². The molecule has 0 radical (unpaired) electrons. The molecule has 1 unspecified atom stereocenters. The molecule has 5 heteroatoms. The van der Waals surface area contributed by atoms with E-state index < -0.39 is 0 Å². The van der Waals surface area contributed by atoms with Gasteiger partial charge in [-0.3, -0.25) is 0 Å². The smallest absolute Gasteiger partial charge is 0.222 e. The predicted octanol–water partition coefficient (Wildman–Crippen LogP) is 2.17. The maximum atomic E-state index is 5.41. The maximum Gasteiger partial charge on any atom is 0.222 e. The Labute approximate surface area is 105 Å². The van der Waals surface area contributed by atoms with Crippen molar-refractivity contribution in [2.24, 2.45) is 0 Å². The Morgan fingerprint density at radius 1 is 1.50 bits per heavy atom. The molecular formula is C13H15N3O2. The van der Waals surface area contributed by atoms with Crippen LogP contribution in [0.25, 0.3) is 11.3 Å². The molecule has 1 saturated heterocycles. The van der Waals surface area contributed by atoms with Crippen LogP contribution in [-0.2, 0) is 0 Å². The van der Waals surface area contributed by atoms with Crippen molar-refractivity contribution in [1.29, 1.82) is 0 Å². The first-order valence-corrected chi connectivity index (χ1v) is 6.08. The van der Waals surface area contributed by atoms with Gasteiger partial charge in [-0.1, -0.05) is 5.16 Å². The summed E-state index contributed by atoms with van der Waals surface area (Å²) >= 11 is 0. The Bertz CT molecular complexity index is 533. The molecule has 1 atom stereocenters. The van der Waals surface area contributed by atoms with Gasteiger partial charge in [0, 0.05) is 12.3 Å². The van der Waals surface area contributed by atoms with Crippen molar-refractivity contribution >= 4 is 0 Å². The first kappa shape index (κ1) is 11.2. The fraction of sp³-hybridized carbons (Fsp3) is 0.385. The van der Waals surface area contributed by atoms with Crippen LogP contribution in [0.5, 0.6) is 5.88 Å². The second-order valence-corrected chi connectivity index (χ2v) is 4.32. The average Bonchev–Trinajstić information content (AvgIpc) is 3.09. The molecule has 0 aliphatic carbocycles. The van der Waals surface area contributed by atoms with Crippen LogP contribution in [0.15, 0.2) is 28.9 Å². The van der Waals surface area contributed by atoms with Gasteiger partial charge in [-0.2, -0.15) is 0 Å². The third kappa shape index (κ3) is 1.97.